The van der Waals surface area contributed by atoms with E-state index in [1.807, 2.05) is 6.92 Å². The van der Waals surface area contributed by atoms with Crippen LogP contribution < -0.4 is 0 Å². The van der Waals surface area contributed by atoms with Crippen molar-refractivity contribution in [3.8, 4) is 0 Å². The van der Waals surface area contributed by atoms with Crippen LogP contribution in [0.25, 0.3) is 0 Å². The van der Waals surface area contributed by atoms with Crippen LogP contribution in [-0.4, -0.2) is 17.5 Å². The van der Waals surface area contributed by atoms with E-state index >= 15 is 0 Å². The van der Waals surface area contributed by atoms with E-state index in [-0.39, 0.29) is 6.10 Å². The Balaban J connectivity index is 0. The monoisotopic (exact) mass is 258 g/mol. The molecule has 1 N–H and O–H groups in total. The summed E-state index contributed by atoms with van der Waals surface area (Å²) in [5.41, 5.74) is 0. The third-order valence-corrected chi connectivity index (χ3v) is 2.90. The maximum atomic E-state index is 9.89. The zero-order valence-corrected chi connectivity index (χ0v) is 12.8. The van der Waals surface area contributed by atoms with Gasteiger partial charge in [-0.15, -0.1) is 0 Å². The van der Waals surface area contributed by atoms with Gasteiger partial charge in [0.15, 0.2) is 0 Å². The van der Waals surface area contributed by atoms with E-state index in [0.717, 1.165) is 25.5 Å². The van der Waals surface area contributed by atoms with Gasteiger partial charge in [-0.25, -0.2) is 0 Å². The van der Waals surface area contributed by atoms with Crippen LogP contribution >= 0.6 is 0 Å². The van der Waals surface area contributed by atoms with E-state index in [9.17, 15) is 4.79 Å². The second-order valence-electron chi connectivity index (χ2n) is 5.07. The summed E-state index contributed by atoms with van der Waals surface area (Å²) in [6.07, 6.45) is 13.9. The minimum atomic E-state index is -0.0958. The van der Waals surface area contributed by atoms with Crippen LogP contribution in [0, 0.1) is 0 Å². The molecule has 0 saturated heterocycles. The normalized spacial score (nSPS) is 11.6. The van der Waals surface area contributed by atoms with Gasteiger partial charge in [0, 0.05) is 6.42 Å². The fourth-order valence-corrected chi connectivity index (χ4v) is 1.70. The molecule has 0 aliphatic rings. The molecule has 0 aromatic carbocycles. The minimum Gasteiger partial charge on any atom is -0.393 e. The highest BCUT2D eigenvalue weighted by Crippen LogP contribution is 2.05. The zero-order valence-electron chi connectivity index (χ0n) is 12.8. The van der Waals surface area contributed by atoms with Crippen molar-refractivity contribution < 1.29 is 9.90 Å². The van der Waals surface area contributed by atoms with Crippen LogP contribution in [0.5, 0.6) is 0 Å². The van der Waals surface area contributed by atoms with Gasteiger partial charge in [0.1, 0.15) is 6.29 Å². The van der Waals surface area contributed by atoms with Crippen LogP contribution in [0.3, 0.4) is 0 Å². The lowest BCUT2D eigenvalue weighted by Crippen LogP contribution is -1.97. The standard InChI is InChI=1S/C9H18O.C7H16O/c1-2-3-4-5-6-7-8-9-10;1-3-4-5-6-7(2)8/h9H,2-8H2,1H3;7-8H,3-6H2,1-2H3. The molecule has 0 aliphatic heterocycles. The molecule has 18 heavy (non-hydrogen) atoms. The van der Waals surface area contributed by atoms with Gasteiger partial charge < -0.3 is 9.90 Å². The molecule has 0 aromatic rings. The third-order valence-electron chi connectivity index (χ3n) is 2.90. The molecule has 2 nitrogen and oxygen atoms in total. The number of hydrogen-bond donors (Lipinski definition) is 1. The van der Waals surface area contributed by atoms with Gasteiger partial charge >= 0.3 is 0 Å². The molecule has 0 bridgehead atoms. The Morgan fingerprint density at radius 2 is 1.39 bits per heavy atom. The fourth-order valence-electron chi connectivity index (χ4n) is 1.70. The van der Waals surface area contributed by atoms with Crippen LogP contribution in [-0.2, 0) is 4.79 Å². The molecule has 0 heterocycles. The topological polar surface area (TPSA) is 37.3 Å². The van der Waals surface area contributed by atoms with Gasteiger partial charge in [-0.2, -0.15) is 0 Å². The molecule has 0 spiro atoms. The van der Waals surface area contributed by atoms with E-state index in [1.165, 1.54) is 51.4 Å². The Bertz CT molecular complexity index is 144. The molecule has 0 aromatic heterocycles. The summed E-state index contributed by atoms with van der Waals surface area (Å²) >= 11 is 0. The van der Waals surface area contributed by atoms with Crippen molar-refractivity contribution in [1.82, 2.24) is 0 Å². The number of rotatable bonds is 11. The first kappa shape index (κ1) is 20.0. The van der Waals surface area contributed by atoms with Gasteiger partial charge in [0.2, 0.25) is 0 Å². The fraction of sp³-hybridized carbons (Fsp3) is 0.938. The maximum absolute atomic E-state index is 9.89. The average molecular weight is 258 g/mol. The predicted octanol–water partition coefficient (Wildman–Crippen LogP) is 4.88. The molecule has 0 rings (SSSR count). The summed E-state index contributed by atoms with van der Waals surface area (Å²) in [6.45, 7) is 6.23. The lowest BCUT2D eigenvalue weighted by Gasteiger charge is -2.00. The summed E-state index contributed by atoms with van der Waals surface area (Å²) in [5, 5.41) is 8.78. The van der Waals surface area contributed by atoms with Gasteiger partial charge in [-0.1, -0.05) is 65.2 Å². The van der Waals surface area contributed by atoms with E-state index in [4.69, 9.17) is 5.11 Å². The molecule has 0 amide bonds. The number of aldehydes is 1. The summed E-state index contributed by atoms with van der Waals surface area (Å²) in [5.74, 6) is 0. The number of unbranched alkanes of at least 4 members (excludes halogenated alkanes) is 8. The van der Waals surface area contributed by atoms with E-state index in [1.54, 1.807) is 0 Å². The highest BCUT2D eigenvalue weighted by atomic mass is 16.3. The van der Waals surface area contributed by atoms with E-state index < -0.39 is 0 Å². The van der Waals surface area contributed by atoms with E-state index in [0.29, 0.717) is 0 Å². The van der Waals surface area contributed by atoms with Gasteiger partial charge in [0.05, 0.1) is 6.10 Å². The van der Waals surface area contributed by atoms with Crippen LogP contribution in [0.4, 0.5) is 0 Å². The molecule has 2 heteroatoms. The molecule has 0 aliphatic carbocycles. The highest BCUT2D eigenvalue weighted by molar-refractivity contribution is 5.48. The van der Waals surface area contributed by atoms with Crippen molar-refractivity contribution in [3.05, 3.63) is 0 Å². The lowest BCUT2D eigenvalue weighted by atomic mass is 10.1. The zero-order chi connectivity index (χ0) is 14.1. The summed E-state index contributed by atoms with van der Waals surface area (Å²) in [4.78, 5) is 9.89. The second-order valence-corrected chi connectivity index (χ2v) is 5.07. The second kappa shape index (κ2) is 19.0. The largest absolute Gasteiger partial charge is 0.393 e. The first-order chi connectivity index (χ1) is 8.68. The Morgan fingerprint density at radius 3 is 1.89 bits per heavy atom. The number of carbonyl (C=O) groups is 1. The van der Waals surface area contributed by atoms with Gasteiger partial charge in [-0.05, 0) is 19.8 Å². The summed E-state index contributed by atoms with van der Waals surface area (Å²) in [7, 11) is 0. The van der Waals surface area contributed by atoms with Crippen molar-refractivity contribution >= 4 is 6.29 Å². The number of aliphatic hydroxyl groups excluding tert-OH is 1. The first-order valence-electron chi connectivity index (χ1n) is 7.80. The smallest absolute Gasteiger partial charge is 0.119 e. The highest BCUT2D eigenvalue weighted by Gasteiger charge is 1.92. The van der Waals surface area contributed by atoms with Crippen LogP contribution in [0.2, 0.25) is 0 Å². The molecular weight excluding hydrogens is 224 g/mol. The maximum Gasteiger partial charge on any atom is 0.119 e. The first-order valence-corrected chi connectivity index (χ1v) is 7.80. The van der Waals surface area contributed by atoms with Crippen LogP contribution in [0.15, 0.2) is 0 Å². The quantitative estimate of drug-likeness (QED) is 0.423. The van der Waals surface area contributed by atoms with Gasteiger partial charge in [0.25, 0.3) is 0 Å². The van der Waals surface area contributed by atoms with Crippen molar-refractivity contribution in [2.75, 3.05) is 0 Å². The van der Waals surface area contributed by atoms with E-state index in [2.05, 4.69) is 13.8 Å². The average Bonchev–Trinajstić information content (AvgIpc) is 2.34. The molecule has 110 valence electrons. The Hall–Kier alpha value is -0.370. The summed E-state index contributed by atoms with van der Waals surface area (Å²) < 4.78 is 0. The molecule has 1 atom stereocenters. The van der Waals surface area contributed by atoms with Crippen LogP contribution in [0.1, 0.15) is 91.4 Å². The number of aliphatic hydroxyl groups is 1. The number of carbonyl (C=O) groups excluding carboxylic acids is 1. The lowest BCUT2D eigenvalue weighted by molar-refractivity contribution is -0.107. The molecule has 1 unspecified atom stereocenters. The Morgan fingerprint density at radius 1 is 0.889 bits per heavy atom. The number of hydrogen-bond acceptors (Lipinski definition) is 2. The van der Waals surface area contributed by atoms with Crippen molar-refractivity contribution in [2.45, 2.75) is 97.5 Å². The summed E-state index contributed by atoms with van der Waals surface area (Å²) in [6, 6.07) is 0. The van der Waals surface area contributed by atoms with Crippen molar-refractivity contribution in [3.63, 3.8) is 0 Å². The van der Waals surface area contributed by atoms with Gasteiger partial charge in [-0.3, -0.25) is 0 Å². The predicted molar refractivity (Wildman–Crippen MR) is 79.9 cm³/mol. The Labute approximate surface area is 114 Å². The molecule has 0 radical (unpaired) electrons. The SMILES string of the molecule is CCCCCC(C)O.CCCCCCCCC=O. The molecule has 0 fully saturated rings. The van der Waals surface area contributed by atoms with Crippen molar-refractivity contribution in [2.24, 2.45) is 0 Å². The minimum absolute atomic E-state index is 0.0958. The third kappa shape index (κ3) is 24.7. The Kier molecular flexibility index (Phi) is 21.0. The molecular formula is C16H34O2. The van der Waals surface area contributed by atoms with Crippen molar-refractivity contribution in [1.29, 1.82) is 0 Å². The molecule has 0 saturated carbocycles.